The predicted octanol–water partition coefficient (Wildman–Crippen LogP) is 4.71. The van der Waals surface area contributed by atoms with Crippen molar-refractivity contribution in [3.8, 4) is 0 Å². The van der Waals surface area contributed by atoms with E-state index in [1.165, 1.54) is 38.5 Å². The van der Waals surface area contributed by atoms with E-state index in [2.05, 4.69) is 16.7 Å². The lowest BCUT2D eigenvalue weighted by Crippen LogP contribution is -2.10. The molecule has 20 heavy (non-hydrogen) atoms. The molecule has 0 spiro atoms. The van der Waals surface area contributed by atoms with Crippen molar-refractivity contribution < 1.29 is 19.4 Å². The monoisotopic (exact) mass is 286 g/mol. The Kier molecular flexibility index (Phi) is 13.6. The van der Waals surface area contributed by atoms with Crippen LogP contribution in [0.15, 0.2) is 0 Å². The highest BCUT2D eigenvalue weighted by Gasteiger charge is 2.08. The number of rotatable bonds is 12. The third kappa shape index (κ3) is 13.4. The smallest absolute Gasteiger partial charge is 0.247 e. The number of carbonyl (C=O) groups is 2. The Bertz CT molecular complexity index is 251. The van der Waals surface area contributed by atoms with Gasteiger partial charge in [0.2, 0.25) is 0 Å². The van der Waals surface area contributed by atoms with Gasteiger partial charge in [-0.25, -0.2) is 19.4 Å². The van der Waals surface area contributed by atoms with E-state index < -0.39 is 11.9 Å². The number of carbonyl (C=O) groups excluding carboxylic acids is 2. The molecule has 0 aliphatic heterocycles. The van der Waals surface area contributed by atoms with Gasteiger partial charge in [0.25, 0.3) is 0 Å². The van der Waals surface area contributed by atoms with Gasteiger partial charge in [-0.1, -0.05) is 65.2 Å². The zero-order valence-corrected chi connectivity index (χ0v) is 13.1. The van der Waals surface area contributed by atoms with Crippen LogP contribution < -0.4 is 0 Å². The summed E-state index contributed by atoms with van der Waals surface area (Å²) in [6.07, 6.45) is 12.1. The Labute approximate surface area is 123 Å². The molecule has 0 saturated carbocycles. The Morgan fingerprint density at radius 1 is 0.600 bits per heavy atom. The first-order chi connectivity index (χ1) is 9.70. The van der Waals surface area contributed by atoms with E-state index >= 15 is 0 Å². The van der Waals surface area contributed by atoms with E-state index in [-0.39, 0.29) is 6.42 Å². The van der Waals surface area contributed by atoms with Crippen LogP contribution in [0.3, 0.4) is 0 Å². The predicted molar refractivity (Wildman–Crippen MR) is 78.9 cm³/mol. The Morgan fingerprint density at radius 3 is 1.55 bits per heavy atom. The Hall–Kier alpha value is -1.06. The molecule has 0 aliphatic carbocycles. The third-order valence-corrected chi connectivity index (χ3v) is 3.17. The molecule has 0 unspecified atom stereocenters. The molecule has 4 heteroatoms. The number of hydrogen-bond donors (Lipinski definition) is 0. The van der Waals surface area contributed by atoms with Gasteiger partial charge in [-0.2, -0.15) is 0 Å². The molecular formula is C16H30O4. The van der Waals surface area contributed by atoms with E-state index in [1.807, 2.05) is 6.92 Å². The van der Waals surface area contributed by atoms with Crippen molar-refractivity contribution in [1.29, 1.82) is 0 Å². The minimum atomic E-state index is -0.479. The van der Waals surface area contributed by atoms with E-state index in [1.54, 1.807) is 0 Å². The van der Waals surface area contributed by atoms with Crippen molar-refractivity contribution in [2.24, 2.45) is 0 Å². The summed E-state index contributed by atoms with van der Waals surface area (Å²) in [7, 11) is 0. The van der Waals surface area contributed by atoms with Crippen molar-refractivity contribution in [2.75, 3.05) is 0 Å². The fourth-order valence-corrected chi connectivity index (χ4v) is 1.96. The van der Waals surface area contributed by atoms with Crippen molar-refractivity contribution >= 4 is 11.9 Å². The van der Waals surface area contributed by atoms with Gasteiger partial charge < -0.3 is 0 Å². The van der Waals surface area contributed by atoms with E-state index in [0.29, 0.717) is 12.8 Å². The highest BCUT2D eigenvalue weighted by Crippen LogP contribution is 2.10. The summed E-state index contributed by atoms with van der Waals surface area (Å²) >= 11 is 0. The van der Waals surface area contributed by atoms with Crippen LogP contribution in [-0.2, 0) is 19.4 Å². The normalized spacial score (nSPS) is 10.3. The molecule has 0 fully saturated rings. The molecule has 0 aromatic heterocycles. The van der Waals surface area contributed by atoms with E-state index in [0.717, 1.165) is 19.3 Å². The average molecular weight is 286 g/mol. The van der Waals surface area contributed by atoms with Crippen LogP contribution in [0.4, 0.5) is 0 Å². The molecule has 0 aromatic rings. The van der Waals surface area contributed by atoms with Crippen LogP contribution in [0.25, 0.3) is 0 Å². The van der Waals surface area contributed by atoms with Gasteiger partial charge in [0.05, 0.1) is 6.42 Å². The zero-order chi connectivity index (χ0) is 15.1. The van der Waals surface area contributed by atoms with Gasteiger partial charge in [-0.15, -0.1) is 0 Å². The van der Waals surface area contributed by atoms with Crippen molar-refractivity contribution in [1.82, 2.24) is 0 Å². The summed E-state index contributed by atoms with van der Waals surface area (Å²) in [5, 5.41) is 0. The fourth-order valence-electron chi connectivity index (χ4n) is 1.96. The highest BCUT2D eigenvalue weighted by molar-refractivity contribution is 5.72. The van der Waals surface area contributed by atoms with Gasteiger partial charge in [-0.3, -0.25) is 0 Å². The molecule has 0 saturated heterocycles. The zero-order valence-electron chi connectivity index (χ0n) is 13.1. The minimum Gasteiger partial charge on any atom is -0.247 e. The van der Waals surface area contributed by atoms with Crippen molar-refractivity contribution in [3.63, 3.8) is 0 Å². The van der Waals surface area contributed by atoms with Crippen LogP contribution >= 0.6 is 0 Å². The lowest BCUT2D eigenvalue weighted by Gasteiger charge is -2.03. The van der Waals surface area contributed by atoms with E-state index in [4.69, 9.17) is 0 Å². The lowest BCUT2D eigenvalue weighted by molar-refractivity contribution is -0.259. The van der Waals surface area contributed by atoms with Crippen LogP contribution in [0, 0.1) is 0 Å². The lowest BCUT2D eigenvalue weighted by atomic mass is 10.1. The molecule has 0 bridgehead atoms. The maximum Gasteiger partial charge on any atom is 0.355 e. The molecule has 0 radical (unpaired) electrons. The Morgan fingerprint density at radius 2 is 1.05 bits per heavy atom. The summed E-state index contributed by atoms with van der Waals surface area (Å²) in [5.41, 5.74) is 0. The molecule has 0 amide bonds. The van der Waals surface area contributed by atoms with Gasteiger partial charge in [0, 0.05) is 6.42 Å². The fraction of sp³-hybridized carbons (Fsp3) is 0.875. The second-order valence-electron chi connectivity index (χ2n) is 5.24. The topological polar surface area (TPSA) is 52.6 Å². The molecule has 0 aromatic carbocycles. The molecule has 0 heterocycles. The first kappa shape index (κ1) is 18.9. The largest absolute Gasteiger partial charge is 0.355 e. The van der Waals surface area contributed by atoms with Gasteiger partial charge in [0.1, 0.15) is 0 Å². The molecule has 0 atom stereocenters. The van der Waals surface area contributed by atoms with Crippen LogP contribution in [-0.4, -0.2) is 11.9 Å². The Balaban J connectivity index is 3.25. The highest BCUT2D eigenvalue weighted by atomic mass is 17.2. The van der Waals surface area contributed by atoms with Gasteiger partial charge >= 0.3 is 11.9 Å². The average Bonchev–Trinajstić information content (AvgIpc) is 2.43. The molecule has 0 N–H and O–H groups in total. The SMILES string of the molecule is CCCCCCCCCCCC(=O)OOC(=O)CCC. The molecular weight excluding hydrogens is 256 g/mol. The maximum atomic E-state index is 11.3. The molecule has 0 rings (SSSR count). The minimum absolute atomic E-state index is 0.283. The van der Waals surface area contributed by atoms with Crippen LogP contribution in [0.5, 0.6) is 0 Å². The van der Waals surface area contributed by atoms with Crippen LogP contribution in [0.1, 0.15) is 90.9 Å². The molecule has 0 aliphatic rings. The number of hydrogen-bond acceptors (Lipinski definition) is 4. The standard InChI is InChI=1S/C16H30O4/c1-3-5-6-7-8-9-10-11-12-14-16(18)20-19-15(17)13-4-2/h3-14H2,1-2H3. The molecule has 4 nitrogen and oxygen atoms in total. The second kappa shape index (κ2) is 14.4. The van der Waals surface area contributed by atoms with Crippen molar-refractivity contribution in [2.45, 2.75) is 90.9 Å². The summed E-state index contributed by atoms with van der Waals surface area (Å²) in [6.45, 7) is 4.09. The molecule has 118 valence electrons. The van der Waals surface area contributed by atoms with Crippen LogP contribution in [0.2, 0.25) is 0 Å². The summed E-state index contributed by atoms with van der Waals surface area (Å²) < 4.78 is 0. The first-order valence-electron chi connectivity index (χ1n) is 8.10. The third-order valence-electron chi connectivity index (χ3n) is 3.17. The van der Waals surface area contributed by atoms with E-state index in [9.17, 15) is 9.59 Å². The summed E-state index contributed by atoms with van der Waals surface area (Å²) in [5.74, 6) is -0.926. The van der Waals surface area contributed by atoms with Gasteiger partial charge in [-0.05, 0) is 12.8 Å². The van der Waals surface area contributed by atoms with Gasteiger partial charge in [0.15, 0.2) is 0 Å². The summed E-state index contributed by atoms with van der Waals surface area (Å²) in [6, 6.07) is 0. The second-order valence-corrected chi connectivity index (χ2v) is 5.24. The van der Waals surface area contributed by atoms with Crippen molar-refractivity contribution in [3.05, 3.63) is 0 Å². The summed E-state index contributed by atoms with van der Waals surface area (Å²) in [4.78, 5) is 31.1. The maximum absolute atomic E-state index is 11.3. The number of unbranched alkanes of at least 4 members (excludes halogenated alkanes) is 8. The first-order valence-corrected chi connectivity index (χ1v) is 8.10. The quantitative estimate of drug-likeness (QED) is 0.296.